The number of carboxylic acids is 1. The van der Waals surface area contributed by atoms with E-state index in [0.717, 1.165) is 11.5 Å². The van der Waals surface area contributed by atoms with Crippen molar-refractivity contribution in [2.45, 2.75) is 33.7 Å². The van der Waals surface area contributed by atoms with Crippen molar-refractivity contribution in [3.63, 3.8) is 0 Å². The van der Waals surface area contributed by atoms with Crippen LogP contribution in [0, 0.1) is 19.8 Å². The molecule has 0 fully saturated rings. The van der Waals surface area contributed by atoms with E-state index in [1.165, 1.54) is 0 Å². The topological polar surface area (TPSA) is 66.6 Å². The van der Waals surface area contributed by atoms with Crippen LogP contribution in [0.5, 0.6) is 0 Å². The molecule has 0 saturated carbocycles. The SMILES string of the molecule is Cc1nc(C(C)N(C)CC(C)C(=O)O)c(C)o1. The Balaban J connectivity index is 2.73. The molecular weight excluding hydrogens is 220 g/mol. The molecule has 0 aliphatic rings. The van der Waals surface area contributed by atoms with E-state index in [1.54, 1.807) is 6.92 Å². The van der Waals surface area contributed by atoms with Gasteiger partial charge in [0.05, 0.1) is 17.7 Å². The van der Waals surface area contributed by atoms with Gasteiger partial charge in [-0.3, -0.25) is 9.69 Å². The van der Waals surface area contributed by atoms with Crippen LogP contribution in [0.1, 0.15) is 37.2 Å². The van der Waals surface area contributed by atoms with E-state index < -0.39 is 11.9 Å². The maximum atomic E-state index is 10.8. The van der Waals surface area contributed by atoms with Crippen molar-refractivity contribution >= 4 is 5.97 Å². The predicted octanol–water partition coefficient (Wildman–Crippen LogP) is 2.00. The molecule has 0 amide bonds. The molecule has 2 unspecified atom stereocenters. The predicted molar refractivity (Wildman–Crippen MR) is 63.8 cm³/mol. The van der Waals surface area contributed by atoms with Gasteiger partial charge in [-0.15, -0.1) is 0 Å². The van der Waals surface area contributed by atoms with Crippen LogP contribution < -0.4 is 0 Å². The maximum absolute atomic E-state index is 10.8. The average molecular weight is 240 g/mol. The van der Waals surface area contributed by atoms with Crippen LogP contribution in [0.2, 0.25) is 0 Å². The Morgan fingerprint density at radius 1 is 1.47 bits per heavy atom. The van der Waals surface area contributed by atoms with E-state index in [1.807, 2.05) is 32.7 Å². The zero-order valence-corrected chi connectivity index (χ0v) is 11.0. The highest BCUT2D eigenvalue weighted by Gasteiger charge is 2.22. The van der Waals surface area contributed by atoms with Gasteiger partial charge in [0.25, 0.3) is 0 Å². The number of carbonyl (C=O) groups is 1. The number of nitrogens with zero attached hydrogens (tertiary/aromatic N) is 2. The molecule has 1 aromatic rings. The average Bonchev–Trinajstić information content (AvgIpc) is 2.56. The van der Waals surface area contributed by atoms with E-state index in [-0.39, 0.29) is 6.04 Å². The molecule has 1 rings (SSSR count). The Hall–Kier alpha value is -1.36. The van der Waals surface area contributed by atoms with E-state index >= 15 is 0 Å². The molecule has 0 bridgehead atoms. The van der Waals surface area contributed by atoms with Crippen LogP contribution >= 0.6 is 0 Å². The molecule has 5 heteroatoms. The van der Waals surface area contributed by atoms with Gasteiger partial charge in [-0.25, -0.2) is 4.98 Å². The molecule has 1 N–H and O–H groups in total. The Kier molecular flexibility index (Phi) is 4.28. The number of aromatic nitrogens is 1. The summed E-state index contributed by atoms with van der Waals surface area (Å²) < 4.78 is 5.38. The Labute approximate surface area is 101 Å². The third-order valence-electron chi connectivity index (χ3n) is 2.98. The zero-order chi connectivity index (χ0) is 13.2. The molecule has 0 aliphatic heterocycles. The van der Waals surface area contributed by atoms with Gasteiger partial charge in [0, 0.05) is 13.5 Å². The number of hydrogen-bond donors (Lipinski definition) is 1. The molecular formula is C12H20N2O3. The fourth-order valence-electron chi connectivity index (χ4n) is 1.81. The van der Waals surface area contributed by atoms with Gasteiger partial charge >= 0.3 is 5.97 Å². The third-order valence-corrected chi connectivity index (χ3v) is 2.98. The smallest absolute Gasteiger partial charge is 0.307 e. The summed E-state index contributed by atoms with van der Waals surface area (Å²) in [5.41, 5.74) is 0.877. The summed E-state index contributed by atoms with van der Waals surface area (Å²) in [5, 5.41) is 8.88. The molecule has 2 atom stereocenters. The van der Waals surface area contributed by atoms with E-state index in [4.69, 9.17) is 9.52 Å². The molecule has 0 radical (unpaired) electrons. The minimum atomic E-state index is -0.780. The summed E-state index contributed by atoms with van der Waals surface area (Å²) in [6.07, 6.45) is 0. The zero-order valence-electron chi connectivity index (χ0n) is 11.0. The first-order valence-corrected chi connectivity index (χ1v) is 5.70. The van der Waals surface area contributed by atoms with Crippen molar-refractivity contribution in [3.05, 3.63) is 17.3 Å². The lowest BCUT2D eigenvalue weighted by Crippen LogP contribution is -2.31. The first-order chi connectivity index (χ1) is 7.82. The molecule has 0 saturated heterocycles. The van der Waals surface area contributed by atoms with Gasteiger partial charge in [-0.1, -0.05) is 6.92 Å². The Morgan fingerprint density at radius 3 is 2.47 bits per heavy atom. The molecule has 0 spiro atoms. The van der Waals surface area contributed by atoms with Crippen LogP contribution in [-0.2, 0) is 4.79 Å². The normalized spacial score (nSPS) is 14.9. The van der Waals surface area contributed by atoms with Gasteiger partial charge in [0.15, 0.2) is 5.89 Å². The molecule has 0 aromatic carbocycles. The molecule has 17 heavy (non-hydrogen) atoms. The highest BCUT2D eigenvalue weighted by atomic mass is 16.4. The van der Waals surface area contributed by atoms with Crippen molar-refractivity contribution in [1.29, 1.82) is 0 Å². The van der Waals surface area contributed by atoms with E-state index in [2.05, 4.69) is 4.98 Å². The van der Waals surface area contributed by atoms with Crippen molar-refractivity contribution in [3.8, 4) is 0 Å². The molecule has 1 aromatic heterocycles. The number of carboxylic acid groups (broad SMARTS) is 1. The lowest BCUT2D eigenvalue weighted by Gasteiger charge is -2.25. The summed E-state index contributed by atoms with van der Waals surface area (Å²) in [5.74, 6) is 0.265. The largest absolute Gasteiger partial charge is 0.481 e. The van der Waals surface area contributed by atoms with Crippen LogP contribution in [0.3, 0.4) is 0 Å². The third kappa shape index (κ3) is 3.30. The monoisotopic (exact) mass is 240 g/mol. The molecule has 5 nitrogen and oxygen atoms in total. The number of oxazole rings is 1. The number of aryl methyl sites for hydroxylation is 2. The first kappa shape index (κ1) is 13.7. The summed E-state index contributed by atoms with van der Waals surface area (Å²) in [7, 11) is 1.90. The minimum absolute atomic E-state index is 0.0502. The summed E-state index contributed by atoms with van der Waals surface area (Å²) >= 11 is 0. The van der Waals surface area contributed by atoms with Gasteiger partial charge in [0.1, 0.15) is 5.76 Å². The Bertz CT molecular complexity index is 400. The molecule has 96 valence electrons. The number of rotatable bonds is 5. The van der Waals surface area contributed by atoms with E-state index in [9.17, 15) is 4.79 Å². The fourth-order valence-corrected chi connectivity index (χ4v) is 1.81. The highest BCUT2D eigenvalue weighted by Crippen LogP contribution is 2.22. The van der Waals surface area contributed by atoms with Gasteiger partial charge in [-0.2, -0.15) is 0 Å². The second-order valence-corrected chi connectivity index (χ2v) is 4.53. The van der Waals surface area contributed by atoms with Gasteiger partial charge < -0.3 is 9.52 Å². The second-order valence-electron chi connectivity index (χ2n) is 4.53. The van der Waals surface area contributed by atoms with Crippen molar-refractivity contribution in [2.75, 3.05) is 13.6 Å². The van der Waals surface area contributed by atoms with Crippen LogP contribution in [-0.4, -0.2) is 34.6 Å². The lowest BCUT2D eigenvalue weighted by atomic mass is 10.1. The highest BCUT2D eigenvalue weighted by molar-refractivity contribution is 5.69. The summed E-state index contributed by atoms with van der Waals surface area (Å²) in [4.78, 5) is 17.1. The second kappa shape index (κ2) is 5.31. The molecule has 0 aliphatic carbocycles. The van der Waals surface area contributed by atoms with Gasteiger partial charge in [0.2, 0.25) is 0 Å². The van der Waals surface area contributed by atoms with Crippen molar-refractivity contribution in [1.82, 2.24) is 9.88 Å². The lowest BCUT2D eigenvalue weighted by molar-refractivity contribution is -0.141. The fraction of sp³-hybridized carbons (Fsp3) is 0.667. The quantitative estimate of drug-likeness (QED) is 0.852. The van der Waals surface area contributed by atoms with Gasteiger partial charge in [-0.05, 0) is 20.9 Å². The number of hydrogen-bond acceptors (Lipinski definition) is 4. The summed E-state index contributed by atoms with van der Waals surface area (Å²) in [6.45, 7) is 7.87. The molecule has 1 heterocycles. The Morgan fingerprint density at radius 2 is 2.06 bits per heavy atom. The number of aliphatic carboxylic acids is 1. The standard InChI is InChI=1S/C12H20N2O3/c1-7(12(15)16)6-14(5)8(2)11-9(3)17-10(4)13-11/h7-8H,6H2,1-5H3,(H,15,16). The van der Waals surface area contributed by atoms with Crippen LogP contribution in [0.25, 0.3) is 0 Å². The van der Waals surface area contributed by atoms with Crippen LogP contribution in [0.15, 0.2) is 4.42 Å². The maximum Gasteiger partial charge on any atom is 0.307 e. The summed E-state index contributed by atoms with van der Waals surface area (Å²) in [6, 6.07) is 0.0502. The van der Waals surface area contributed by atoms with E-state index in [0.29, 0.717) is 12.4 Å². The minimum Gasteiger partial charge on any atom is -0.481 e. The van der Waals surface area contributed by atoms with Crippen molar-refractivity contribution < 1.29 is 14.3 Å². The van der Waals surface area contributed by atoms with Crippen molar-refractivity contribution in [2.24, 2.45) is 5.92 Å². The van der Waals surface area contributed by atoms with Crippen LogP contribution in [0.4, 0.5) is 0 Å². The first-order valence-electron chi connectivity index (χ1n) is 5.70.